The fourth-order valence-corrected chi connectivity index (χ4v) is 2.89. The maximum Gasteiger partial charge on any atom is 0.254 e. The summed E-state index contributed by atoms with van der Waals surface area (Å²) in [5.41, 5.74) is 1.87. The lowest BCUT2D eigenvalue weighted by molar-refractivity contribution is 0.0642. The first-order valence-corrected chi connectivity index (χ1v) is 7.85. The number of piperidine rings is 1. The van der Waals surface area contributed by atoms with Crippen LogP contribution in [0.5, 0.6) is 0 Å². The normalized spacial score (nSPS) is 15.9. The highest BCUT2D eigenvalue weighted by molar-refractivity contribution is 5.94. The van der Waals surface area contributed by atoms with Gasteiger partial charge in [-0.15, -0.1) is 0 Å². The van der Waals surface area contributed by atoms with E-state index in [2.05, 4.69) is 17.1 Å². The van der Waals surface area contributed by atoms with Crippen molar-refractivity contribution in [1.82, 2.24) is 10.2 Å². The van der Waals surface area contributed by atoms with Crippen molar-refractivity contribution in [3.8, 4) is 0 Å². The van der Waals surface area contributed by atoms with Crippen molar-refractivity contribution in [2.75, 3.05) is 26.7 Å². The summed E-state index contributed by atoms with van der Waals surface area (Å²) in [6.07, 6.45) is 3.10. The maximum absolute atomic E-state index is 12.8. The maximum atomic E-state index is 12.8. The summed E-state index contributed by atoms with van der Waals surface area (Å²) in [5.74, 6) is 0.160. The van der Waals surface area contributed by atoms with Gasteiger partial charge in [-0.25, -0.2) is 0 Å². The fraction of sp³-hybridized carbons (Fsp3) is 0.588. The lowest BCUT2D eigenvalue weighted by Gasteiger charge is -2.34. The van der Waals surface area contributed by atoms with Crippen molar-refractivity contribution in [2.45, 2.75) is 38.8 Å². The minimum absolute atomic E-state index is 0.160. The van der Waals surface area contributed by atoms with Crippen LogP contribution >= 0.6 is 0 Å². The molecule has 1 aliphatic heterocycles. The molecule has 0 radical (unpaired) electrons. The van der Waals surface area contributed by atoms with Gasteiger partial charge in [-0.1, -0.05) is 19.1 Å². The Bertz CT molecular complexity index is 439. The number of carbonyl (C=O) groups is 1. The molecule has 0 spiro atoms. The van der Waals surface area contributed by atoms with Crippen LogP contribution in [0.15, 0.2) is 24.3 Å². The molecule has 116 valence electrons. The lowest BCUT2D eigenvalue weighted by Crippen LogP contribution is -2.46. The van der Waals surface area contributed by atoms with E-state index in [0.717, 1.165) is 50.0 Å². The van der Waals surface area contributed by atoms with Gasteiger partial charge in [0.25, 0.3) is 5.91 Å². The van der Waals surface area contributed by atoms with E-state index in [9.17, 15) is 4.79 Å². The van der Waals surface area contributed by atoms with Crippen molar-refractivity contribution < 1.29 is 9.53 Å². The van der Waals surface area contributed by atoms with Crippen molar-refractivity contribution in [1.29, 1.82) is 0 Å². The number of rotatable bonds is 6. The number of nitrogens with one attached hydrogen (secondary N) is 1. The Morgan fingerprint density at radius 1 is 1.29 bits per heavy atom. The van der Waals surface area contributed by atoms with Crippen molar-refractivity contribution in [3.63, 3.8) is 0 Å². The molecule has 1 N–H and O–H groups in total. The number of methoxy groups -OCH3 is 1. The first-order valence-electron chi connectivity index (χ1n) is 7.85. The molecule has 2 rings (SSSR count). The Kier molecular flexibility index (Phi) is 6.21. The van der Waals surface area contributed by atoms with Crippen molar-refractivity contribution >= 4 is 5.91 Å². The molecular formula is C17H26N2O2. The second-order valence-corrected chi connectivity index (χ2v) is 5.61. The van der Waals surface area contributed by atoms with Crippen LogP contribution in [-0.4, -0.2) is 43.6 Å². The number of hydrogen-bond acceptors (Lipinski definition) is 3. The Balaban J connectivity index is 2.09. The molecule has 0 unspecified atom stereocenters. The largest absolute Gasteiger partial charge is 0.380 e. The highest BCUT2D eigenvalue weighted by Crippen LogP contribution is 2.17. The van der Waals surface area contributed by atoms with Crippen LogP contribution < -0.4 is 5.32 Å². The Morgan fingerprint density at radius 3 is 2.52 bits per heavy atom. The molecule has 1 saturated heterocycles. The number of amides is 1. The number of hydrogen-bond donors (Lipinski definition) is 1. The van der Waals surface area contributed by atoms with E-state index in [-0.39, 0.29) is 5.91 Å². The summed E-state index contributed by atoms with van der Waals surface area (Å²) in [4.78, 5) is 14.8. The van der Waals surface area contributed by atoms with Gasteiger partial charge in [-0.2, -0.15) is 0 Å². The van der Waals surface area contributed by atoms with E-state index in [1.165, 1.54) is 0 Å². The van der Waals surface area contributed by atoms with E-state index in [0.29, 0.717) is 12.6 Å². The summed E-state index contributed by atoms with van der Waals surface area (Å²) >= 11 is 0. The van der Waals surface area contributed by atoms with Gasteiger partial charge in [-0.05, 0) is 50.0 Å². The number of carbonyl (C=O) groups excluding carboxylic acids is 1. The Hall–Kier alpha value is -1.39. The predicted molar refractivity (Wildman–Crippen MR) is 84.4 cm³/mol. The van der Waals surface area contributed by atoms with E-state index < -0.39 is 0 Å². The van der Waals surface area contributed by atoms with Crippen molar-refractivity contribution in [2.24, 2.45) is 0 Å². The van der Waals surface area contributed by atoms with Crippen molar-refractivity contribution in [3.05, 3.63) is 35.4 Å². The van der Waals surface area contributed by atoms with E-state index in [1.54, 1.807) is 7.11 Å². The minimum Gasteiger partial charge on any atom is -0.380 e. The molecule has 1 amide bonds. The van der Waals surface area contributed by atoms with Crippen LogP contribution in [0, 0.1) is 0 Å². The van der Waals surface area contributed by atoms with E-state index >= 15 is 0 Å². The highest BCUT2D eigenvalue weighted by Gasteiger charge is 2.25. The molecule has 0 atom stereocenters. The zero-order valence-corrected chi connectivity index (χ0v) is 13.1. The van der Waals surface area contributed by atoms with Gasteiger partial charge in [-0.3, -0.25) is 4.79 Å². The van der Waals surface area contributed by atoms with Gasteiger partial charge in [0.2, 0.25) is 0 Å². The van der Waals surface area contributed by atoms with Gasteiger partial charge in [0, 0.05) is 25.3 Å². The molecule has 1 aliphatic rings. The van der Waals surface area contributed by atoms with Gasteiger partial charge < -0.3 is 15.0 Å². The van der Waals surface area contributed by atoms with E-state index in [1.807, 2.05) is 24.3 Å². The third kappa shape index (κ3) is 4.29. The predicted octanol–water partition coefficient (Wildman–Crippen LogP) is 2.44. The van der Waals surface area contributed by atoms with Gasteiger partial charge in [0.1, 0.15) is 0 Å². The lowest BCUT2D eigenvalue weighted by atomic mass is 10.0. The second-order valence-electron chi connectivity index (χ2n) is 5.61. The van der Waals surface area contributed by atoms with Crippen LogP contribution in [-0.2, 0) is 11.3 Å². The summed E-state index contributed by atoms with van der Waals surface area (Å²) in [5, 5.41) is 3.36. The quantitative estimate of drug-likeness (QED) is 0.875. The molecule has 0 aromatic heterocycles. The molecule has 1 aromatic rings. The average Bonchev–Trinajstić information content (AvgIpc) is 2.54. The van der Waals surface area contributed by atoms with Gasteiger partial charge >= 0.3 is 0 Å². The fourth-order valence-electron chi connectivity index (χ4n) is 2.89. The summed E-state index contributed by atoms with van der Waals surface area (Å²) in [7, 11) is 1.68. The zero-order valence-electron chi connectivity index (χ0n) is 13.1. The Morgan fingerprint density at radius 2 is 1.95 bits per heavy atom. The summed E-state index contributed by atoms with van der Waals surface area (Å²) in [6.45, 7) is 5.56. The van der Waals surface area contributed by atoms with Gasteiger partial charge in [0.15, 0.2) is 0 Å². The molecule has 0 bridgehead atoms. The molecule has 4 nitrogen and oxygen atoms in total. The standard InChI is InChI=1S/C17H26N2O2/c1-3-12-19(16-8-10-18-11-9-16)17(20)15-6-4-14(5-7-15)13-21-2/h4-7,16,18H,3,8-13H2,1-2H3. The van der Waals surface area contributed by atoms with Crippen LogP contribution in [0.1, 0.15) is 42.1 Å². The molecule has 4 heteroatoms. The second kappa shape index (κ2) is 8.15. The monoisotopic (exact) mass is 290 g/mol. The zero-order chi connectivity index (χ0) is 15.1. The number of benzene rings is 1. The first kappa shape index (κ1) is 16.0. The average molecular weight is 290 g/mol. The number of ether oxygens (including phenoxy) is 1. The van der Waals surface area contributed by atoms with Crippen LogP contribution in [0.25, 0.3) is 0 Å². The highest BCUT2D eigenvalue weighted by atomic mass is 16.5. The third-order valence-electron chi connectivity index (χ3n) is 3.99. The Labute approximate surface area is 127 Å². The summed E-state index contributed by atoms with van der Waals surface area (Å²) < 4.78 is 5.11. The molecule has 1 heterocycles. The number of nitrogens with zero attached hydrogens (tertiary/aromatic N) is 1. The van der Waals surface area contributed by atoms with Crippen LogP contribution in [0.3, 0.4) is 0 Å². The molecule has 21 heavy (non-hydrogen) atoms. The summed E-state index contributed by atoms with van der Waals surface area (Å²) in [6, 6.07) is 8.16. The molecule has 0 aliphatic carbocycles. The van der Waals surface area contributed by atoms with E-state index in [4.69, 9.17) is 4.74 Å². The molecule has 1 aromatic carbocycles. The smallest absolute Gasteiger partial charge is 0.254 e. The molecule has 0 saturated carbocycles. The van der Waals surface area contributed by atoms with Gasteiger partial charge in [0.05, 0.1) is 6.61 Å². The third-order valence-corrected chi connectivity index (χ3v) is 3.99. The van der Waals surface area contributed by atoms with Crippen LogP contribution in [0.4, 0.5) is 0 Å². The minimum atomic E-state index is 0.160. The van der Waals surface area contributed by atoms with Crippen LogP contribution in [0.2, 0.25) is 0 Å². The first-order chi connectivity index (χ1) is 10.3. The topological polar surface area (TPSA) is 41.6 Å². The molecule has 1 fully saturated rings. The molecular weight excluding hydrogens is 264 g/mol. The SMILES string of the molecule is CCCN(C(=O)c1ccc(COC)cc1)C1CCNCC1.